The second kappa shape index (κ2) is 4.30. The molecule has 1 N–H and O–H groups in total. The number of hydrogen-bond donors (Lipinski definition) is 1. The van der Waals surface area contributed by atoms with Gasteiger partial charge in [0.15, 0.2) is 0 Å². The van der Waals surface area contributed by atoms with Crippen molar-refractivity contribution in [3.63, 3.8) is 0 Å². The summed E-state index contributed by atoms with van der Waals surface area (Å²) in [6.07, 6.45) is 3.64. The van der Waals surface area contributed by atoms with Gasteiger partial charge in [0.2, 0.25) is 0 Å². The summed E-state index contributed by atoms with van der Waals surface area (Å²) in [6.45, 7) is 8.85. The van der Waals surface area contributed by atoms with Crippen LogP contribution in [0.4, 0.5) is 0 Å². The van der Waals surface area contributed by atoms with Gasteiger partial charge in [-0.15, -0.1) is 0 Å². The Morgan fingerprint density at radius 3 is 3.00 bits per heavy atom. The molecule has 0 spiro atoms. The lowest BCUT2D eigenvalue weighted by Gasteiger charge is -2.30. The third-order valence-corrected chi connectivity index (χ3v) is 4.46. The van der Waals surface area contributed by atoms with Crippen LogP contribution in [-0.4, -0.2) is 13.1 Å². The van der Waals surface area contributed by atoms with Gasteiger partial charge < -0.3 is 5.32 Å². The molecule has 1 aromatic rings. The lowest BCUT2D eigenvalue weighted by atomic mass is 9.82. The molecule has 2 unspecified atom stereocenters. The number of fused-ring (bicyclic) bond motifs is 1. The molecule has 1 heterocycles. The van der Waals surface area contributed by atoms with Crippen molar-refractivity contribution in [2.75, 3.05) is 13.1 Å². The molecule has 0 bridgehead atoms. The highest BCUT2D eigenvalue weighted by atomic mass is 14.9. The van der Waals surface area contributed by atoms with Crippen LogP contribution in [0.1, 0.15) is 42.4 Å². The van der Waals surface area contributed by atoms with Crippen molar-refractivity contribution in [2.24, 2.45) is 5.92 Å². The fourth-order valence-corrected chi connectivity index (χ4v) is 3.25. The maximum Gasteiger partial charge on any atom is 0.00227 e. The van der Waals surface area contributed by atoms with Gasteiger partial charge in [-0.25, -0.2) is 0 Å². The Labute approximate surface area is 104 Å². The zero-order valence-electron chi connectivity index (χ0n) is 10.6. The van der Waals surface area contributed by atoms with E-state index in [4.69, 9.17) is 0 Å². The summed E-state index contributed by atoms with van der Waals surface area (Å²) in [5.74, 6) is 1.50. The molecule has 1 aliphatic carbocycles. The first-order valence-corrected chi connectivity index (χ1v) is 6.77. The standard InChI is InChI=1S/C16H21N/c1-11-3-4-13-9-14(5-6-15(11)13)16-10-17-8-7-12(16)2/h5-6,9,12,16-17H,1,3-4,7-8,10H2,2H3. The highest BCUT2D eigenvalue weighted by Gasteiger charge is 2.24. The quantitative estimate of drug-likeness (QED) is 0.775. The Bertz CT molecular complexity index is 447. The topological polar surface area (TPSA) is 12.0 Å². The number of allylic oxidation sites excluding steroid dienone is 1. The van der Waals surface area contributed by atoms with Crippen molar-refractivity contribution in [3.05, 3.63) is 41.5 Å². The fraction of sp³-hybridized carbons (Fsp3) is 0.500. The second-order valence-electron chi connectivity index (χ2n) is 5.60. The van der Waals surface area contributed by atoms with E-state index in [0.29, 0.717) is 5.92 Å². The van der Waals surface area contributed by atoms with Gasteiger partial charge in [-0.05, 0) is 59.9 Å². The van der Waals surface area contributed by atoms with Crippen LogP contribution in [-0.2, 0) is 6.42 Å². The lowest BCUT2D eigenvalue weighted by Crippen LogP contribution is -2.33. The minimum absolute atomic E-state index is 0.697. The van der Waals surface area contributed by atoms with Crippen molar-refractivity contribution >= 4 is 5.57 Å². The Morgan fingerprint density at radius 2 is 2.18 bits per heavy atom. The monoisotopic (exact) mass is 227 g/mol. The Morgan fingerprint density at radius 1 is 1.29 bits per heavy atom. The molecule has 2 aliphatic rings. The predicted molar refractivity (Wildman–Crippen MR) is 73.2 cm³/mol. The molecule has 0 amide bonds. The summed E-state index contributed by atoms with van der Waals surface area (Å²) >= 11 is 0. The first-order valence-electron chi connectivity index (χ1n) is 6.77. The van der Waals surface area contributed by atoms with Crippen LogP contribution in [0.2, 0.25) is 0 Å². The van der Waals surface area contributed by atoms with Gasteiger partial charge in [0, 0.05) is 6.54 Å². The van der Waals surface area contributed by atoms with E-state index >= 15 is 0 Å². The molecule has 1 heteroatoms. The first-order chi connectivity index (χ1) is 8.25. The smallest absolute Gasteiger partial charge is 0.00227 e. The Kier molecular flexibility index (Phi) is 2.79. The van der Waals surface area contributed by atoms with Crippen molar-refractivity contribution in [1.82, 2.24) is 5.32 Å². The van der Waals surface area contributed by atoms with E-state index in [1.165, 1.54) is 41.6 Å². The van der Waals surface area contributed by atoms with E-state index in [0.717, 1.165) is 18.9 Å². The molecular weight excluding hydrogens is 206 g/mol. The molecule has 3 rings (SSSR count). The Balaban J connectivity index is 1.91. The normalized spacial score (nSPS) is 28.2. The van der Waals surface area contributed by atoms with Crippen LogP contribution < -0.4 is 5.32 Å². The van der Waals surface area contributed by atoms with E-state index in [-0.39, 0.29) is 0 Å². The summed E-state index contributed by atoms with van der Waals surface area (Å²) < 4.78 is 0. The summed E-state index contributed by atoms with van der Waals surface area (Å²) in [6, 6.07) is 7.05. The molecule has 1 fully saturated rings. The van der Waals surface area contributed by atoms with Crippen LogP contribution >= 0.6 is 0 Å². The van der Waals surface area contributed by atoms with E-state index in [9.17, 15) is 0 Å². The fourth-order valence-electron chi connectivity index (χ4n) is 3.25. The minimum Gasteiger partial charge on any atom is -0.316 e. The number of piperidine rings is 1. The van der Waals surface area contributed by atoms with E-state index in [1.807, 2.05) is 0 Å². The highest BCUT2D eigenvalue weighted by molar-refractivity contribution is 5.71. The van der Waals surface area contributed by atoms with E-state index in [2.05, 4.69) is 37.0 Å². The number of rotatable bonds is 1. The van der Waals surface area contributed by atoms with Crippen molar-refractivity contribution in [2.45, 2.75) is 32.1 Å². The molecule has 1 aromatic carbocycles. The molecule has 0 radical (unpaired) electrons. The minimum atomic E-state index is 0.697. The SMILES string of the molecule is C=C1CCc2cc(C3CNCCC3C)ccc21. The van der Waals surface area contributed by atoms with Gasteiger partial charge >= 0.3 is 0 Å². The van der Waals surface area contributed by atoms with Crippen molar-refractivity contribution in [3.8, 4) is 0 Å². The average molecular weight is 227 g/mol. The third kappa shape index (κ3) is 1.93. The molecule has 17 heavy (non-hydrogen) atoms. The highest BCUT2D eigenvalue weighted by Crippen LogP contribution is 2.35. The first kappa shape index (κ1) is 11.0. The third-order valence-electron chi connectivity index (χ3n) is 4.46. The summed E-state index contributed by atoms with van der Waals surface area (Å²) in [7, 11) is 0. The van der Waals surface area contributed by atoms with Gasteiger partial charge in [0.05, 0.1) is 0 Å². The van der Waals surface area contributed by atoms with Gasteiger partial charge in [-0.3, -0.25) is 0 Å². The zero-order valence-corrected chi connectivity index (χ0v) is 10.6. The molecule has 90 valence electrons. The second-order valence-corrected chi connectivity index (χ2v) is 5.60. The van der Waals surface area contributed by atoms with E-state index < -0.39 is 0 Å². The zero-order chi connectivity index (χ0) is 11.8. The number of aryl methyl sites for hydroxylation is 1. The average Bonchev–Trinajstić information content (AvgIpc) is 2.71. The molecule has 1 aliphatic heterocycles. The molecule has 1 saturated heterocycles. The Hall–Kier alpha value is -1.08. The van der Waals surface area contributed by atoms with E-state index in [1.54, 1.807) is 0 Å². The van der Waals surface area contributed by atoms with Crippen LogP contribution in [0, 0.1) is 5.92 Å². The number of hydrogen-bond acceptors (Lipinski definition) is 1. The summed E-state index contributed by atoms with van der Waals surface area (Å²) in [5, 5.41) is 3.52. The molecule has 0 saturated carbocycles. The van der Waals surface area contributed by atoms with Gasteiger partial charge in [-0.2, -0.15) is 0 Å². The van der Waals surface area contributed by atoms with Crippen LogP contribution in [0.3, 0.4) is 0 Å². The van der Waals surface area contributed by atoms with Gasteiger partial charge in [0.25, 0.3) is 0 Å². The van der Waals surface area contributed by atoms with Gasteiger partial charge in [-0.1, -0.05) is 31.7 Å². The van der Waals surface area contributed by atoms with Crippen LogP contribution in [0.15, 0.2) is 24.8 Å². The van der Waals surface area contributed by atoms with Gasteiger partial charge in [0.1, 0.15) is 0 Å². The van der Waals surface area contributed by atoms with Crippen LogP contribution in [0.5, 0.6) is 0 Å². The lowest BCUT2D eigenvalue weighted by molar-refractivity contribution is 0.348. The molecular formula is C16H21N. The van der Waals surface area contributed by atoms with Crippen molar-refractivity contribution < 1.29 is 0 Å². The molecule has 1 nitrogen and oxygen atoms in total. The van der Waals surface area contributed by atoms with Crippen LogP contribution in [0.25, 0.3) is 5.57 Å². The number of nitrogens with one attached hydrogen (secondary N) is 1. The largest absolute Gasteiger partial charge is 0.316 e. The molecule has 0 aromatic heterocycles. The predicted octanol–water partition coefficient (Wildman–Crippen LogP) is 3.36. The number of benzene rings is 1. The maximum absolute atomic E-state index is 4.14. The van der Waals surface area contributed by atoms with Crippen molar-refractivity contribution in [1.29, 1.82) is 0 Å². The molecule has 2 atom stereocenters. The summed E-state index contributed by atoms with van der Waals surface area (Å²) in [5.41, 5.74) is 5.77. The maximum atomic E-state index is 4.14. The summed E-state index contributed by atoms with van der Waals surface area (Å²) in [4.78, 5) is 0.